The first-order chi connectivity index (χ1) is 8.83. The summed E-state index contributed by atoms with van der Waals surface area (Å²) in [5, 5.41) is 8.15. The van der Waals surface area contributed by atoms with Gasteiger partial charge in [-0.15, -0.1) is 0 Å². The predicted molar refractivity (Wildman–Crippen MR) is 71.6 cm³/mol. The number of ether oxygens (including phenoxy) is 1. The molecule has 0 radical (unpaired) electrons. The fourth-order valence-electron chi connectivity index (χ4n) is 1.31. The Balaban J connectivity index is 2.01. The van der Waals surface area contributed by atoms with Gasteiger partial charge in [-0.3, -0.25) is 0 Å². The van der Waals surface area contributed by atoms with Gasteiger partial charge in [-0.05, 0) is 31.4 Å². The zero-order chi connectivity index (χ0) is 13.1. The van der Waals surface area contributed by atoms with Crippen molar-refractivity contribution in [3.05, 3.63) is 30.3 Å². The smallest absolute Gasteiger partial charge is 0.407 e. The molecule has 0 aliphatic heterocycles. The van der Waals surface area contributed by atoms with Gasteiger partial charge in [0.1, 0.15) is 5.75 Å². The Labute approximate surface area is 112 Å². The molecule has 1 rings (SSSR count). The number of carbonyl (C=O) groups excluding carboxylic acids is 1. The molecule has 1 N–H and O–H groups in total. The molecule has 0 aromatic heterocycles. The maximum absolute atomic E-state index is 11.3. The highest BCUT2D eigenvalue weighted by atomic mass is 32.2. The highest BCUT2D eigenvalue weighted by Gasteiger charge is 2.05. The van der Waals surface area contributed by atoms with Crippen LogP contribution in [-0.4, -0.2) is 23.6 Å². The minimum absolute atomic E-state index is 0.223. The fourth-order valence-corrected chi connectivity index (χ4v) is 1.71. The molecule has 0 saturated heterocycles. The minimum Gasteiger partial charge on any atom is -0.455 e. The molecule has 18 heavy (non-hydrogen) atoms. The molecule has 0 amide bonds. The Morgan fingerprint density at radius 1 is 1.11 bits per heavy atom. The van der Waals surface area contributed by atoms with E-state index in [9.17, 15) is 4.79 Å². The zero-order valence-corrected chi connectivity index (χ0v) is 11.0. The predicted octanol–water partition coefficient (Wildman–Crippen LogP) is 3.40. The summed E-state index contributed by atoms with van der Waals surface area (Å²) in [7, 11) is 0. The number of hydrogen-bond acceptors (Lipinski definition) is 5. The average molecular weight is 270 g/mol. The van der Waals surface area contributed by atoms with Gasteiger partial charge in [-0.1, -0.05) is 24.6 Å². The lowest BCUT2D eigenvalue weighted by Crippen LogP contribution is -2.01. The number of unbranched alkanes of at least 4 members (excludes halogenated alkanes) is 3. The number of hydrogen-bond donors (Lipinski definition) is 1. The van der Waals surface area contributed by atoms with E-state index >= 15 is 0 Å². The van der Waals surface area contributed by atoms with Crippen molar-refractivity contribution in [1.82, 2.24) is 0 Å². The van der Waals surface area contributed by atoms with Crippen LogP contribution in [0.25, 0.3) is 0 Å². The summed E-state index contributed by atoms with van der Waals surface area (Å²) < 4.78 is 10.2. The lowest BCUT2D eigenvalue weighted by Gasteiger charge is -2.04. The number of benzene rings is 1. The average Bonchev–Trinajstić information content (AvgIpc) is 2.41. The van der Waals surface area contributed by atoms with Crippen LogP contribution in [-0.2, 0) is 4.74 Å². The number of rotatable bonds is 8. The number of carbonyl (C=O) groups is 1. The van der Waals surface area contributed by atoms with Gasteiger partial charge in [0.15, 0.2) is 12.0 Å². The molecule has 0 fully saturated rings. The van der Waals surface area contributed by atoms with Gasteiger partial charge in [0.05, 0.1) is 6.61 Å². The first-order valence-electron chi connectivity index (χ1n) is 6.00. The van der Waals surface area contributed by atoms with Crippen LogP contribution in [0.3, 0.4) is 0 Å². The molecule has 0 unspecified atom stereocenters. The number of aliphatic hydroxyl groups excluding tert-OH is 1. The topological polar surface area (TPSA) is 55.8 Å². The minimum atomic E-state index is -0.430. The van der Waals surface area contributed by atoms with Crippen LogP contribution < -0.4 is 4.18 Å². The van der Waals surface area contributed by atoms with Gasteiger partial charge in [-0.25, -0.2) is 4.79 Å². The molecule has 4 nitrogen and oxygen atoms in total. The molecule has 5 heteroatoms. The summed E-state index contributed by atoms with van der Waals surface area (Å²) in [5.74, 6) is 0.627. The van der Waals surface area contributed by atoms with Gasteiger partial charge >= 0.3 is 5.30 Å². The van der Waals surface area contributed by atoms with Gasteiger partial charge < -0.3 is 14.0 Å². The molecular weight excluding hydrogens is 252 g/mol. The van der Waals surface area contributed by atoms with E-state index < -0.39 is 5.30 Å². The molecule has 0 bridgehead atoms. The molecule has 0 aliphatic carbocycles. The van der Waals surface area contributed by atoms with Crippen LogP contribution in [0.15, 0.2) is 30.3 Å². The largest absolute Gasteiger partial charge is 0.455 e. The second-order valence-corrected chi connectivity index (χ2v) is 4.38. The van der Waals surface area contributed by atoms with E-state index in [0.717, 1.165) is 25.7 Å². The summed E-state index contributed by atoms with van der Waals surface area (Å²) >= 11 is 0.697. The van der Waals surface area contributed by atoms with Crippen LogP contribution in [0, 0.1) is 0 Å². The van der Waals surface area contributed by atoms with Crippen molar-refractivity contribution in [3.8, 4) is 5.75 Å². The van der Waals surface area contributed by atoms with E-state index in [1.807, 2.05) is 18.2 Å². The lowest BCUT2D eigenvalue weighted by molar-refractivity contribution is 0.170. The molecule has 0 spiro atoms. The highest BCUT2D eigenvalue weighted by Crippen LogP contribution is 2.16. The van der Waals surface area contributed by atoms with Crippen LogP contribution in [0.4, 0.5) is 4.79 Å². The molecule has 1 aromatic rings. The molecule has 0 atom stereocenters. The molecular formula is C13H18O4S. The quantitative estimate of drug-likeness (QED) is 0.446. The summed E-state index contributed by atoms with van der Waals surface area (Å²) in [6, 6.07) is 9.09. The van der Waals surface area contributed by atoms with Crippen LogP contribution in [0.1, 0.15) is 25.7 Å². The van der Waals surface area contributed by atoms with Crippen LogP contribution in [0.5, 0.6) is 5.75 Å². The van der Waals surface area contributed by atoms with Crippen molar-refractivity contribution >= 4 is 17.3 Å². The second kappa shape index (κ2) is 9.79. The number of aliphatic hydroxyl groups is 1. The lowest BCUT2D eigenvalue weighted by atomic mass is 10.2. The third-order valence-corrected chi connectivity index (χ3v) is 2.75. The molecule has 0 heterocycles. The Morgan fingerprint density at radius 2 is 1.83 bits per heavy atom. The Hall–Kier alpha value is -1.20. The molecule has 0 saturated carbocycles. The van der Waals surface area contributed by atoms with E-state index in [1.165, 1.54) is 0 Å². The van der Waals surface area contributed by atoms with Crippen LogP contribution >= 0.6 is 12.0 Å². The Bertz CT molecular complexity index is 329. The molecule has 0 aliphatic rings. The zero-order valence-electron chi connectivity index (χ0n) is 10.2. The van der Waals surface area contributed by atoms with E-state index in [2.05, 4.69) is 0 Å². The highest BCUT2D eigenvalue weighted by molar-refractivity contribution is 8.09. The fraction of sp³-hybridized carbons (Fsp3) is 0.462. The first-order valence-corrected chi connectivity index (χ1v) is 6.74. The van der Waals surface area contributed by atoms with Crippen LogP contribution in [0.2, 0.25) is 0 Å². The molecule has 100 valence electrons. The van der Waals surface area contributed by atoms with Crippen molar-refractivity contribution < 1.29 is 18.8 Å². The normalized spacial score (nSPS) is 10.1. The van der Waals surface area contributed by atoms with Gasteiger partial charge in [-0.2, -0.15) is 0 Å². The summed E-state index contributed by atoms with van der Waals surface area (Å²) in [5.41, 5.74) is 0. The molecule has 1 aromatic carbocycles. The third-order valence-electron chi connectivity index (χ3n) is 2.22. The second-order valence-electron chi connectivity index (χ2n) is 3.72. The third kappa shape index (κ3) is 7.19. The van der Waals surface area contributed by atoms with Gasteiger partial charge in [0.25, 0.3) is 0 Å². The van der Waals surface area contributed by atoms with Crippen molar-refractivity contribution in [3.63, 3.8) is 0 Å². The van der Waals surface area contributed by atoms with Gasteiger partial charge in [0.2, 0.25) is 0 Å². The SMILES string of the molecule is O=C(OCCCCCCO)SOc1ccccc1. The maximum atomic E-state index is 11.3. The Kier molecular flexibility index (Phi) is 8.08. The van der Waals surface area contributed by atoms with Crippen molar-refractivity contribution in [2.45, 2.75) is 25.7 Å². The van der Waals surface area contributed by atoms with Crippen molar-refractivity contribution in [2.75, 3.05) is 13.2 Å². The monoisotopic (exact) mass is 270 g/mol. The Morgan fingerprint density at radius 3 is 2.56 bits per heavy atom. The van der Waals surface area contributed by atoms with E-state index in [0.29, 0.717) is 24.4 Å². The van der Waals surface area contributed by atoms with Gasteiger partial charge in [0, 0.05) is 6.61 Å². The van der Waals surface area contributed by atoms with Crippen molar-refractivity contribution in [1.29, 1.82) is 0 Å². The summed E-state index contributed by atoms with van der Waals surface area (Å²) in [4.78, 5) is 11.3. The summed E-state index contributed by atoms with van der Waals surface area (Å²) in [6.45, 7) is 0.621. The van der Waals surface area contributed by atoms with Crippen molar-refractivity contribution in [2.24, 2.45) is 0 Å². The maximum Gasteiger partial charge on any atom is 0.407 e. The van der Waals surface area contributed by atoms with E-state index in [-0.39, 0.29) is 6.61 Å². The standard InChI is InChI=1S/C13H18O4S/c14-10-6-1-2-7-11-16-13(15)18-17-12-8-4-3-5-9-12/h3-5,8-9,14H,1-2,6-7,10-11H2. The van der Waals surface area contributed by atoms with E-state index in [4.69, 9.17) is 14.0 Å². The first kappa shape index (κ1) is 14.9. The summed E-state index contributed by atoms with van der Waals surface area (Å²) in [6.07, 6.45) is 3.54. The number of para-hydroxylation sites is 1. The van der Waals surface area contributed by atoms with E-state index in [1.54, 1.807) is 12.1 Å².